The molecule has 0 saturated carbocycles. The van der Waals surface area contributed by atoms with E-state index in [1.807, 2.05) is 6.92 Å². The Morgan fingerprint density at radius 2 is 2.10 bits per heavy atom. The molecule has 0 radical (unpaired) electrons. The Morgan fingerprint density at radius 1 is 1.35 bits per heavy atom. The van der Waals surface area contributed by atoms with Crippen molar-refractivity contribution in [3.05, 3.63) is 29.7 Å². The van der Waals surface area contributed by atoms with E-state index in [1.165, 1.54) is 6.20 Å². The van der Waals surface area contributed by atoms with Crippen LogP contribution >= 0.6 is 0 Å². The number of hydrogen-bond acceptors (Lipinski definition) is 3. The van der Waals surface area contributed by atoms with Crippen molar-refractivity contribution in [1.82, 2.24) is 19.6 Å². The van der Waals surface area contributed by atoms with Crippen molar-refractivity contribution in [3.8, 4) is 0 Å². The molecule has 0 aliphatic carbocycles. The molecular weight excluding hydrogens is 271 g/mol. The molecule has 0 amide bonds. The number of hydrogen-bond donors (Lipinski definition) is 1. The van der Waals surface area contributed by atoms with E-state index < -0.39 is 18.3 Å². The Hall–Kier alpha value is -1.99. The second-order valence-electron chi connectivity index (χ2n) is 4.96. The Morgan fingerprint density at radius 3 is 2.70 bits per heavy atom. The summed E-state index contributed by atoms with van der Waals surface area (Å²) in [6, 6.07) is -0.478. The van der Waals surface area contributed by atoms with Crippen LogP contribution in [0.4, 0.5) is 19.0 Å². The first-order valence-corrected chi connectivity index (χ1v) is 6.23. The van der Waals surface area contributed by atoms with Gasteiger partial charge in [-0.05, 0) is 6.92 Å². The van der Waals surface area contributed by atoms with Gasteiger partial charge in [0.25, 0.3) is 0 Å². The first-order chi connectivity index (χ1) is 9.38. The van der Waals surface area contributed by atoms with Gasteiger partial charge in [0, 0.05) is 30.8 Å². The topological polar surface area (TPSA) is 47.7 Å². The summed E-state index contributed by atoms with van der Waals surface area (Å²) < 4.78 is 42.2. The summed E-state index contributed by atoms with van der Waals surface area (Å²) in [5, 5.41) is 11.0. The van der Waals surface area contributed by atoms with Crippen LogP contribution in [0.15, 0.2) is 18.5 Å². The number of rotatable bonds is 1. The minimum atomic E-state index is -4.32. The highest BCUT2D eigenvalue weighted by molar-refractivity contribution is 5.42. The van der Waals surface area contributed by atoms with Crippen LogP contribution in [0.1, 0.15) is 29.8 Å². The molecule has 3 rings (SSSR count). The normalized spacial score (nSPS) is 22.4. The largest absolute Gasteiger partial charge is 0.410 e. The summed E-state index contributed by atoms with van der Waals surface area (Å²) in [5.41, 5.74) is 1.64. The molecule has 0 fully saturated rings. The molecule has 20 heavy (non-hydrogen) atoms. The van der Waals surface area contributed by atoms with Gasteiger partial charge in [-0.2, -0.15) is 23.4 Å². The van der Waals surface area contributed by atoms with Gasteiger partial charge in [-0.1, -0.05) is 0 Å². The van der Waals surface area contributed by atoms with Crippen LogP contribution in [0, 0.1) is 6.92 Å². The number of nitrogens with zero attached hydrogens (tertiary/aromatic N) is 4. The number of halogens is 3. The van der Waals surface area contributed by atoms with E-state index >= 15 is 0 Å². The molecule has 1 N–H and O–H groups in total. The van der Waals surface area contributed by atoms with Crippen molar-refractivity contribution in [2.75, 3.05) is 5.32 Å². The van der Waals surface area contributed by atoms with Gasteiger partial charge in [-0.3, -0.25) is 4.68 Å². The molecule has 2 atom stereocenters. The van der Waals surface area contributed by atoms with Crippen LogP contribution in [0.5, 0.6) is 0 Å². The Labute approximate surface area is 113 Å². The van der Waals surface area contributed by atoms with Crippen molar-refractivity contribution in [3.63, 3.8) is 0 Å². The summed E-state index contributed by atoms with van der Waals surface area (Å²) in [5.74, 6) is 0.381. The highest BCUT2D eigenvalue weighted by Gasteiger charge is 2.46. The lowest BCUT2D eigenvalue weighted by molar-refractivity contribution is -0.173. The maximum atomic E-state index is 13.2. The van der Waals surface area contributed by atoms with E-state index in [2.05, 4.69) is 15.5 Å². The fourth-order valence-corrected chi connectivity index (χ4v) is 2.57. The molecule has 2 aromatic heterocycles. The van der Waals surface area contributed by atoms with Crippen molar-refractivity contribution >= 4 is 5.82 Å². The summed E-state index contributed by atoms with van der Waals surface area (Å²) in [4.78, 5) is 0. The molecule has 2 aromatic rings. The van der Waals surface area contributed by atoms with Gasteiger partial charge < -0.3 is 5.32 Å². The lowest BCUT2D eigenvalue weighted by atomic mass is 9.97. The number of fused-ring (bicyclic) bond motifs is 1. The molecule has 8 heteroatoms. The van der Waals surface area contributed by atoms with E-state index in [0.717, 1.165) is 15.9 Å². The maximum absolute atomic E-state index is 13.2. The number of nitrogens with one attached hydrogen (secondary N) is 1. The van der Waals surface area contributed by atoms with E-state index in [4.69, 9.17) is 0 Å². The zero-order chi connectivity index (χ0) is 14.5. The highest BCUT2D eigenvalue weighted by atomic mass is 19.4. The molecule has 0 saturated heterocycles. The molecule has 0 bridgehead atoms. The number of anilines is 1. The summed E-state index contributed by atoms with van der Waals surface area (Å²) in [6.07, 6.45) is -1.42. The van der Waals surface area contributed by atoms with Crippen molar-refractivity contribution < 1.29 is 13.2 Å². The van der Waals surface area contributed by atoms with Crippen LogP contribution in [0.3, 0.4) is 0 Å². The molecular formula is C12H14F3N5. The standard InChI is InChI=1S/C12H14F3N5/c1-7-8(6-17-19(7)2)9-5-10(12(13,14)15)20-11(18-9)3-4-16-20/h3-4,6,9-10,18H,5H2,1-2H3. The molecule has 2 unspecified atom stereocenters. The van der Waals surface area contributed by atoms with Crippen LogP contribution in [-0.2, 0) is 7.05 Å². The zero-order valence-electron chi connectivity index (χ0n) is 11.0. The van der Waals surface area contributed by atoms with Crippen molar-refractivity contribution in [1.29, 1.82) is 0 Å². The third-order valence-corrected chi connectivity index (χ3v) is 3.77. The fourth-order valence-electron chi connectivity index (χ4n) is 2.57. The fraction of sp³-hybridized carbons (Fsp3) is 0.500. The number of aromatic nitrogens is 4. The Balaban J connectivity index is 2.00. The van der Waals surface area contributed by atoms with Gasteiger partial charge >= 0.3 is 6.18 Å². The second-order valence-corrected chi connectivity index (χ2v) is 4.96. The minimum Gasteiger partial charge on any atom is -0.363 e. The lowest BCUT2D eigenvalue weighted by Crippen LogP contribution is -2.35. The lowest BCUT2D eigenvalue weighted by Gasteiger charge is -2.33. The quantitative estimate of drug-likeness (QED) is 0.876. The van der Waals surface area contributed by atoms with Crippen LogP contribution in [-0.4, -0.2) is 25.7 Å². The second kappa shape index (κ2) is 4.26. The van der Waals surface area contributed by atoms with E-state index in [0.29, 0.717) is 5.82 Å². The summed E-state index contributed by atoms with van der Waals surface area (Å²) >= 11 is 0. The van der Waals surface area contributed by atoms with Crippen molar-refractivity contribution in [2.24, 2.45) is 7.05 Å². The molecule has 108 valence electrons. The summed E-state index contributed by atoms with van der Waals surface area (Å²) in [7, 11) is 1.77. The average Bonchev–Trinajstić information content (AvgIpc) is 2.95. The molecule has 1 aliphatic heterocycles. The van der Waals surface area contributed by atoms with Gasteiger partial charge in [-0.15, -0.1) is 0 Å². The van der Waals surface area contributed by atoms with Gasteiger partial charge in [0.15, 0.2) is 6.04 Å². The van der Waals surface area contributed by atoms with E-state index in [9.17, 15) is 13.2 Å². The van der Waals surface area contributed by atoms with Crippen LogP contribution < -0.4 is 5.32 Å². The van der Waals surface area contributed by atoms with Gasteiger partial charge in [0.1, 0.15) is 5.82 Å². The van der Waals surface area contributed by atoms with Gasteiger partial charge in [0.05, 0.1) is 18.4 Å². The SMILES string of the molecule is Cc1c(C2CC(C(F)(F)F)n3nccc3N2)cnn1C. The minimum absolute atomic E-state index is 0.0925. The van der Waals surface area contributed by atoms with E-state index in [-0.39, 0.29) is 6.42 Å². The number of alkyl halides is 3. The van der Waals surface area contributed by atoms with E-state index in [1.54, 1.807) is 24.0 Å². The molecule has 5 nitrogen and oxygen atoms in total. The molecule has 0 aromatic carbocycles. The van der Waals surface area contributed by atoms with Crippen LogP contribution in [0.25, 0.3) is 0 Å². The van der Waals surface area contributed by atoms with Crippen molar-refractivity contribution in [2.45, 2.75) is 31.6 Å². The monoisotopic (exact) mass is 285 g/mol. The molecule has 3 heterocycles. The molecule has 1 aliphatic rings. The summed E-state index contributed by atoms with van der Waals surface area (Å²) in [6.45, 7) is 1.85. The Kier molecular flexibility index (Phi) is 2.77. The third kappa shape index (κ3) is 1.95. The first-order valence-electron chi connectivity index (χ1n) is 6.23. The van der Waals surface area contributed by atoms with Gasteiger partial charge in [0.2, 0.25) is 0 Å². The zero-order valence-corrected chi connectivity index (χ0v) is 11.0. The maximum Gasteiger partial charge on any atom is 0.410 e. The van der Waals surface area contributed by atoms with Crippen LogP contribution in [0.2, 0.25) is 0 Å². The Bertz CT molecular complexity index is 627. The smallest absolute Gasteiger partial charge is 0.363 e. The predicted octanol–water partition coefficient (Wildman–Crippen LogP) is 2.59. The van der Waals surface area contributed by atoms with Gasteiger partial charge in [-0.25, -0.2) is 4.68 Å². The average molecular weight is 285 g/mol. The predicted molar refractivity (Wildman–Crippen MR) is 66.2 cm³/mol. The number of aryl methyl sites for hydroxylation is 1. The first kappa shape index (κ1) is 13.0. The molecule has 0 spiro atoms. The third-order valence-electron chi connectivity index (χ3n) is 3.77. The highest BCUT2D eigenvalue weighted by Crippen LogP contribution is 2.43.